The Labute approximate surface area is 305 Å². The number of aliphatic carboxylic acids is 1. The zero-order chi connectivity index (χ0) is 35.9. The summed E-state index contributed by atoms with van der Waals surface area (Å²) in [6, 6.07) is 0. The van der Waals surface area contributed by atoms with Gasteiger partial charge in [0, 0.05) is 24.9 Å². The van der Waals surface area contributed by atoms with Gasteiger partial charge in [0.1, 0.15) is 9.84 Å². The van der Waals surface area contributed by atoms with Gasteiger partial charge in [-0.25, -0.2) is 8.42 Å². The van der Waals surface area contributed by atoms with E-state index < -0.39 is 15.8 Å². The number of carbonyl (C=O) groups is 1. The lowest BCUT2D eigenvalue weighted by Crippen LogP contribution is -2.68. The van der Waals surface area contributed by atoms with E-state index >= 15 is 0 Å². The first-order valence-corrected chi connectivity index (χ1v) is 22.7. The molecule has 0 aromatic heterocycles. The van der Waals surface area contributed by atoms with E-state index in [1.807, 2.05) is 0 Å². The van der Waals surface area contributed by atoms with Crippen molar-refractivity contribution in [3.05, 3.63) is 23.3 Å². The molecule has 0 aromatic rings. The average molecular weight is 711 g/mol. The van der Waals surface area contributed by atoms with E-state index in [9.17, 15) is 18.3 Å². The Morgan fingerprint density at radius 1 is 0.900 bits per heavy atom. The molecular weight excluding hydrogens is 641 g/mol. The molecule has 4 saturated carbocycles. The van der Waals surface area contributed by atoms with Crippen LogP contribution in [0.1, 0.15) is 138 Å². The molecule has 6 aliphatic carbocycles. The number of sulfone groups is 1. The highest BCUT2D eigenvalue weighted by Gasteiger charge is 2.70. The number of hydrogen-bond donors (Lipinski definition) is 2. The second-order valence-corrected chi connectivity index (χ2v) is 22.3. The molecule has 6 nitrogen and oxygen atoms in total. The van der Waals surface area contributed by atoms with Gasteiger partial charge in [-0.1, -0.05) is 60.1 Å². The Morgan fingerprint density at radius 3 is 2.28 bits per heavy atom. The van der Waals surface area contributed by atoms with Crippen molar-refractivity contribution < 1.29 is 18.3 Å². The van der Waals surface area contributed by atoms with Gasteiger partial charge in [-0.05, 0) is 165 Å². The molecule has 7 aliphatic rings. The summed E-state index contributed by atoms with van der Waals surface area (Å²) in [5, 5.41) is 13.7. The van der Waals surface area contributed by atoms with Gasteiger partial charge < -0.3 is 15.3 Å². The van der Waals surface area contributed by atoms with Crippen molar-refractivity contribution in [3.63, 3.8) is 0 Å². The summed E-state index contributed by atoms with van der Waals surface area (Å²) in [4.78, 5) is 14.2. The van der Waals surface area contributed by atoms with Crippen molar-refractivity contribution in [2.24, 2.45) is 57.2 Å². The number of hydrogen-bond acceptors (Lipinski definition) is 5. The van der Waals surface area contributed by atoms with Gasteiger partial charge in [-0.2, -0.15) is 0 Å². The highest BCUT2D eigenvalue weighted by atomic mass is 32.2. The second kappa shape index (κ2) is 13.0. The molecule has 7 heteroatoms. The third kappa shape index (κ3) is 5.74. The van der Waals surface area contributed by atoms with Crippen LogP contribution < -0.4 is 5.32 Å². The first-order chi connectivity index (χ1) is 23.5. The second-order valence-electron chi connectivity index (χ2n) is 19.9. The zero-order valence-corrected chi connectivity index (χ0v) is 33.5. The Kier molecular flexibility index (Phi) is 9.65. The topological polar surface area (TPSA) is 86.7 Å². The molecule has 2 N–H and O–H groups in total. The fourth-order valence-corrected chi connectivity index (χ4v) is 16.0. The van der Waals surface area contributed by atoms with Crippen molar-refractivity contribution in [2.75, 3.05) is 32.4 Å². The molecule has 1 aliphatic heterocycles. The Morgan fingerprint density at radius 2 is 1.64 bits per heavy atom. The number of carboxylic acid groups (broad SMARTS) is 1. The van der Waals surface area contributed by atoms with Gasteiger partial charge >= 0.3 is 5.97 Å². The molecule has 1 heterocycles. The first-order valence-electron chi connectivity index (χ1n) is 20.8. The van der Waals surface area contributed by atoms with Crippen LogP contribution in [0.3, 0.4) is 0 Å². The lowest BCUT2D eigenvalue weighted by Gasteiger charge is -2.72. The number of piperidine rings is 1. The SMILES string of the molecule is CCC1CCC2(NCCN3CCC(S(C)(=O)=O)CC3)CCC3(C)C(CCC4C5(C)CC=C(C6=CCC(C(=O)O)CC6)C(C)(C)C5CCC43C)C12. The first kappa shape index (κ1) is 37.1. The summed E-state index contributed by atoms with van der Waals surface area (Å²) >= 11 is 0. The number of rotatable bonds is 8. The summed E-state index contributed by atoms with van der Waals surface area (Å²) < 4.78 is 24.2. The summed E-state index contributed by atoms with van der Waals surface area (Å²) in [5.41, 5.74) is 4.35. The lowest BCUT2D eigenvalue weighted by molar-refractivity contribution is -0.222. The predicted molar refractivity (Wildman–Crippen MR) is 204 cm³/mol. The van der Waals surface area contributed by atoms with Gasteiger partial charge in [-0.15, -0.1) is 0 Å². The molecule has 7 rings (SSSR count). The Bertz CT molecular complexity index is 1490. The predicted octanol–water partition coefficient (Wildman–Crippen LogP) is 8.68. The van der Waals surface area contributed by atoms with Crippen LogP contribution in [0.15, 0.2) is 23.3 Å². The van der Waals surface area contributed by atoms with E-state index in [1.165, 1.54) is 81.6 Å². The van der Waals surface area contributed by atoms with Crippen molar-refractivity contribution in [1.82, 2.24) is 10.2 Å². The number of carboxylic acids is 1. The molecular formula is C43H70N2O4S. The Balaban J connectivity index is 1.09. The van der Waals surface area contributed by atoms with Crippen LogP contribution in [0.2, 0.25) is 0 Å². The maximum Gasteiger partial charge on any atom is 0.306 e. The summed E-state index contributed by atoms with van der Waals surface area (Å²) in [6.07, 6.45) is 23.5. The van der Waals surface area contributed by atoms with Gasteiger partial charge in [0.2, 0.25) is 0 Å². The number of nitrogens with one attached hydrogen (secondary N) is 1. The van der Waals surface area contributed by atoms with E-state index in [0.29, 0.717) is 28.6 Å². The van der Waals surface area contributed by atoms with E-state index in [1.54, 1.807) is 0 Å². The van der Waals surface area contributed by atoms with Crippen LogP contribution in [0.25, 0.3) is 0 Å². The quantitative estimate of drug-likeness (QED) is 0.262. The van der Waals surface area contributed by atoms with E-state index in [-0.39, 0.29) is 22.1 Å². The molecule has 282 valence electrons. The summed E-state index contributed by atoms with van der Waals surface area (Å²) in [6.45, 7) is 19.6. The third-order valence-electron chi connectivity index (χ3n) is 17.8. The highest BCUT2D eigenvalue weighted by Crippen LogP contribution is 2.76. The van der Waals surface area contributed by atoms with Crippen molar-refractivity contribution in [3.8, 4) is 0 Å². The number of fused-ring (bicyclic) bond motifs is 7. The monoisotopic (exact) mass is 711 g/mol. The maximum absolute atomic E-state index is 12.1. The fourth-order valence-electron chi connectivity index (χ4n) is 15.0. The average Bonchev–Trinajstić information content (AvgIpc) is 3.43. The smallest absolute Gasteiger partial charge is 0.306 e. The van der Waals surface area contributed by atoms with Crippen molar-refractivity contribution in [2.45, 2.75) is 149 Å². The fraction of sp³-hybridized carbons (Fsp3) is 0.884. The van der Waals surface area contributed by atoms with Crippen LogP contribution >= 0.6 is 0 Å². The van der Waals surface area contributed by atoms with Crippen LogP contribution in [-0.4, -0.2) is 67.6 Å². The van der Waals surface area contributed by atoms with Gasteiger partial charge in [0.15, 0.2) is 0 Å². The van der Waals surface area contributed by atoms with E-state index in [4.69, 9.17) is 0 Å². The zero-order valence-electron chi connectivity index (χ0n) is 32.7. The normalized spacial score (nSPS) is 45.0. The summed E-state index contributed by atoms with van der Waals surface area (Å²) in [7, 11) is -2.93. The van der Waals surface area contributed by atoms with Gasteiger partial charge in [0.05, 0.1) is 11.2 Å². The maximum atomic E-state index is 12.1. The van der Waals surface area contributed by atoms with Crippen molar-refractivity contribution in [1.29, 1.82) is 0 Å². The molecule has 5 fully saturated rings. The lowest BCUT2D eigenvalue weighted by atomic mass is 9.33. The minimum Gasteiger partial charge on any atom is -0.481 e. The summed E-state index contributed by atoms with van der Waals surface area (Å²) in [5.74, 6) is 2.89. The van der Waals surface area contributed by atoms with E-state index in [0.717, 1.165) is 75.5 Å². The van der Waals surface area contributed by atoms with Gasteiger partial charge in [0.25, 0.3) is 0 Å². The van der Waals surface area contributed by atoms with Gasteiger partial charge in [-0.3, -0.25) is 4.79 Å². The molecule has 0 spiro atoms. The number of allylic oxidation sites excluding steroid dienone is 4. The van der Waals surface area contributed by atoms with E-state index in [2.05, 4.69) is 63.9 Å². The third-order valence-corrected chi connectivity index (χ3v) is 19.5. The minimum absolute atomic E-state index is 0.110. The largest absolute Gasteiger partial charge is 0.481 e. The Hall–Kier alpha value is -1.18. The molecule has 10 atom stereocenters. The minimum atomic E-state index is -2.93. The van der Waals surface area contributed by atoms with Crippen LogP contribution in [0.5, 0.6) is 0 Å². The molecule has 1 saturated heterocycles. The molecule has 0 aromatic carbocycles. The molecule has 10 unspecified atom stereocenters. The molecule has 0 radical (unpaired) electrons. The molecule has 50 heavy (non-hydrogen) atoms. The molecule has 0 bridgehead atoms. The highest BCUT2D eigenvalue weighted by molar-refractivity contribution is 7.91. The van der Waals surface area contributed by atoms with Crippen LogP contribution in [0, 0.1) is 57.2 Å². The van der Waals surface area contributed by atoms with Crippen LogP contribution in [-0.2, 0) is 14.6 Å². The number of likely N-dealkylation sites (tertiary alicyclic amines) is 1. The standard InChI is InChI=1S/C43H70N2O4S/c1-8-29-15-22-43(44-25-28-45-26-18-32(19-27-45)50(7,48)49)24-23-41(5)34(37(29)43)13-14-36-40(4)20-16-33(30-9-11-31(12-10-30)38(46)47)39(2,3)35(40)17-21-42(36,41)6/h9,16,29,31-32,34-37,44H,8,10-15,17-28H2,1-7H3,(H,46,47). The van der Waals surface area contributed by atoms with Crippen molar-refractivity contribution >= 4 is 15.8 Å². The molecule has 0 amide bonds. The van der Waals surface area contributed by atoms with Crippen LogP contribution in [0.4, 0.5) is 0 Å². The number of nitrogens with zero attached hydrogens (tertiary/aromatic N) is 1.